The minimum atomic E-state index is -0.869. The van der Waals surface area contributed by atoms with Crippen molar-refractivity contribution in [3.05, 3.63) is 12.2 Å². The van der Waals surface area contributed by atoms with E-state index in [-0.39, 0.29) is 18.6 Å². The van der Waals surface area contributed by atoms with Crippen molar-refractivity contribution in [2.75, 3.05) is 13.1 Å². The van der Waals surface area contributed by atoms with Crippen LogP contribution < -0.4 is 5.32 Å². The third-order valence-corrected chi connectivity index (χ3v) is 3.46. The van der Waals surface area contributed by atoms with Crippen molar-refractivity contribution in [3.8, 4) is 0 Å². The van der Waals surface area contributed by atoms with E-state index in [1.54, 1.807) is 13.8 Å². The monoisotopic (exact) mass is 267 g/mol. The molecule has 0 aromatic carbocycles. The molecular weight excluding hydrogens is 250 g/mol. The Bertz CT molecular complexity index is 475. The van der Waals surface area contributed by atoms with Crippen LogP contribution in [0, 0.1) is 5.41 Å². The van der Waals surface area contributed by atoms with Crippen LogP contribution in [0.4, 0.5) is 4.79 Å². The number of carbonyl (C=O) groups excluding carboxylic acids is 1. The van der Waals surface area contributed by atoms with Crippen molar-refractivity contribution in [1.82, 2.24) is 25.4 Å². The number of rotatable bonds is 3. The van der Waals surface area contributed by atoms with Gasteiger partial charge in [-0.05, 0) is 20.3 Å². The molecule has 1 fully saturated rings. The van der Waals surface area contributed by atoms with Gasteiger partial charge in [-0.3, -0.25) is 9.89 Å². The SMILES string of the molecule is CC(NC(=O)N1CCC(C)(C(=O)O)C1)c1ncn[nH]1. The van der Waals surface area contributed by atoms with Crippen LogP contribution in [0.2, 0.25) is 0 Å². The summed E-state index contributed by atoms with van der Waals surface area (Å²) in [6.45, 7) is 4.10. The van der Waals surface area contributed by atoms with Crippen LogP contribution >= 0.6 is 0 Å². The highest BCUT2D eigenvalue weighted by atomic mass is 16.4. The van der Waals surface area contributed by atoms with Gasteiger partial charge in [-0.15, -0.1) is 0 Å². The summed E-state index contributed by atoms with van der Waals surface area (Å²) in [4.78, 5) is 28.6. The molecule has 2 atom stereocenters. The molecule has 2 amide bonds. The standard InChI is InChI=1S/C11H17N5O3/c1-7(8-12-6-13-15-8)14-10(19)16-4-3-11(2,5-16)9(17)18/h6-7H,3-5H2,1-2H3,(H,14,19)(H,17,18)(H,12,13,15). The second-order valence-electron chi connectivity index (χ2n) is 5.08. The van der Waals surface area contributed by atoms with Gasteiger partial charge in [0.25, 0.3) is 0 Å². The molecule has 104 valence electrons. The van der Waals surface area contributed by atoms with Crippen molar-refractivity contribution in [2.45, 2.75) is 26.3 Å². The zero-order chi connectivity index (χ0) is 14.0. The Morgan fingerprint density at radius 2 is 2.37 bits per heavy atom. The van der Waals surface area contributed by atoms with Gasteiger partial charge in [0.05, 0.1) is 11.5 Å². The van der Waals surface area contributed by atoms with Crippen LogP contribution in [0.15, 0.2) is 6.33 Å². The van der Waals surface area contributed by atoms with E-state index >= 15 is 0 Å². The number of amides is 2. The fourth-order valence-electron chi connectivity index (χ4n) is 2.08. The van der Waals surface area contributed by atoms with E-state index in [0.717, 1.165) is 0 Å². The van der Waals surface area contributed by atoms with E-state index < -0.39 is 11.4 Å². The zero-order valence-electron chi connectivity index (χ0n) is 10.9. The molecule has 0 saturated carbocycles. The van der Waals surface area contributed by atoms with E-state index in [1.807, 2.05) is 0 Å². The molecule has 8 nitrogen and oxygen atoms in total. The van der Waals surface area contributed by atoms with Crippen molar-refractivity contribution >= 4 is 12.0 Å². The fourth-order valence-corrected chi connectivity index (χ4v) is 2.08. The van der Waals surface area contributed by atoms with Gasteiger partial charge in [-0.2, -0.15) is 5.10 Å². The van der Waals surface area contributed by atoms with Crippen LogP contribution in [0.3, 0.4) is 0 Å². The van der Waals surface area contributed by atoms with Crippen molar-refractivity contribution in [1.29, 1.82) is 0 Å². The highest BCUT2D eigenvalue weighted by molar-refractivity contribution is 5.79. The van der Waals surface area contributed by atoms with Crippen molar-refractivity contribution in [2.24, 2.45) is 5.41 Å². The number of carboxylic acids is 1. The summed E-state index contributed by atoms with van der Waals surface area (Å²) >= 11 is 0. The molecule has 2 rings (SSSR count). The van der Waals surface area contributed by atoms with Gasteiger partial charge in [0.2, 0.25) is 0 Å². The molecule has 8 heteroatoms. The number of nitrogens with one attached hydrogen (secondary N) is 2. The predicted molar refractivity (Wildman–Crippen MR) is 65.3 cm³/mol. The van der Waals surface area contributed by atoms with Gasteiger partial charge in [-0.1, -0.05) is 0 Å². The molecule has 0 radical (unpaired) electrons. The Kier molecular flexibility index (Phi) is 3.41. The molecule has 1 aliphatic rings. The molecule has 2 unspecified atom stereocenters. The summed E-state index contributed by atoms with van der Waals surface area (Å²) in [5.74, 6) is -0.306. The number of aliphatic carboxylic acids is 1. The third-order valence-electron chi connectivity index (χ3n) is 3.46. The summed E-state index contributed by atoms with van der Waals surface area (Å²) in [6, 6.07) is -0.583. The number of aromatic amines is 1. The number of urea groups is 1. The average molecular weight is 267 g/mol. The smallest absolute Gasteiger partial charge is 0.318 e. The van der Waals surface area contributed by atoms with Crippen molar-refractivity contribution < 1.29 is 14.7 Å². The zero-order valence-corrected chi connectivity index (χ0v) is 10.9. The number of likely N-dealkylation sites (tertiary alicyclic amines) is 1. The second-order valence-corrected chi connectivity index (χ2v) is 5.08. The number of carbonyl (C=O) groups is 2. The highest BCUT2D eigenvalue weighted by Crippen LogP contribution is 2.30. The molecular formula is C11H17N5O3. The van der Waals surface area contributed by atoms with E-state index in [9.17, 15) is 9.59 Å². The Morgan fingerprint density at radius 3 is 2.89 bits per heavy atom. The molecule has 1 aromatic heterocycles. The number of nitrogens with zero attached hydrogens (tertiary/aromatic N) is 3. The lowest BCUT2D eigenvalue weighted by molar-refractivity contribution is -0.146. The minimum absolute atomic E-state index is 0.220. The maximum Gasteiger partial charge on any atom is 0.318 e. The Labute approximate surface area is 110 Å². The summed E-state index contributed by atoms with van der Waals surface area (Å²) < 4.78 is 0. The van der Waals surface area contributed by atoms with Crippen LogP contribution in [-0.2, 0) is 4.79 Å². The fraction of sp³-hybridized carbons (Fsp3) is 0.636. The largest absolute Gasteiger partial charge is 0.481 e. The second kappa shape index (κ2) is 4.87. The molecule has 1 aliphatic heterocycles. The number of carboxylic acid groups (broad SMARTS) is 1. The van der Waals surface area contributed by atoms with Crippen LogP contribution in [0.1, 0.15) is 32.1 Å². The van der Waals surface area contributed by atoms with Gasteiger partial charge in [0.1, 0.15) is 12.2 Å². The van der Waals surface area contributed by atoms with E-state index in [2.05, 4.69) is 20.5 Å². The summed E-state index contributed by atoms with van der Waals surface area (Å²) in [5, 5.41) is 18.3. The lowest BCUT2D eigenvalue weighted by Crippen LogP contribution is -2.42. The molecule has 2 heterocycles. The highest BCUT2D eigenvalue weighted by Gasteiger charge is 2.42. The lowest BCUT2D eigenvalue weighted by Gasteiger charge is -2.22. The molecule has 1 aromatic rings. The third kappa shape index (κ3) is 2.67. The summed E-state index contributed by atoms with van der Waals surface area (Å²) in [7, 11) is 0. The van der Waals surface area contributed by atoms with Gasteiger partial charge >= 0.3 is 12.0 Å². The molecule has 19 heavy (non-hydrogen) atoms. The first-order valence-electron chi connectivity index (χ1n) is 6.06. The first kappa shape index (κ1) is 13.3. The van der Waals surface area contributed by atoms with Crippen LogP contribution in [-0.4, -0.2) is 50.3 Å². The Morgan fingerprint density at radius 1 is 1.63 bits per heavy atom. The van der Waals surface area contributed by atoms with E-state index in [0.29, 0.717) is 18.8 Å². The number of hydrogen-bond acceptors (Lipinski definition) is 4. The molecule has 0 spiro atoms. The quantitative estimate of drug-likeness (QED) is 0.732. The van der Waals surface area contributed by atoms with Crippen molar-refractivity contribution in [3.63, 3.8) is 0 Å². The maximum atomic E-state index is 12.0. The molecule has 0 aliphatic carbocycles. The number of H-pyrrole nitrogens is 1. The molecule has 0 bridgehead atoms. The predicted octanol–water partition coefficient (Wildman–Crippen LogP) is 0.372. The summed E-state index contributed by atoms with van der Waals surface area (Å²) in [6.07, 6.45) is 1.84. The topological polar surface area (TPSA) is 111 Å². The normalized spacial score (nSPS) is 24.2. The van der Waals surface area contributed by atoms with Gasteiger partial charge in [0.15, 0.2) is 0 Å². The van der Waals surface area contributed by atoms with E-state index in [1.165, 1.54) is 11.2 Å². The molecule has 3 N–H and O–H groups in total. The summed E-state index contributed by atoms with van der Waals surface area (Å²) in [5.41, 5.74) is -0.854. The average Bonchev–Trinajstić information content (AvgIpc) is 2.98. The van der Waals surface area contributed by atoms with Gasteiger partial charge in [-0.25, -0.2) is 9.78 Å². The van der Waals surface area contributed by atoms with E-state index in [4.69, 9.17) is 5.11 Å². The maximum absolute atomic E-state index is 12.0. The van der Waals surface area contributed by atoms with Crippen LogP contribution in [0.5, 0.6) is 0 Å². The lowest BCUT2D eigenvalue weighted by atomic mass is 9.90. The molecule has 1 saturated heterocycles. The van der Waals surface area contributed by atoms with Gasteiger partial charge in [0, 0.05) is 13.1 Å². The first-order valence-corrected chi connectivity index (χ1v) is 6.06. The minimum Gasteiger partial charge on any atom is -0.481 e. The van der Waals surface area contributed by atoms with Gasteiger partial charge < -0.3 is 15.3 Å². The number of aromatic nitrogens is 3. The van der Waals surface area contributed by atoms with Crippen LogP contribution in [0.25, 0.3) is 0 Å². The number of hydrogen-bond donors (Lipinski definition) is 3. The Balaban J connectivity index is 1.93. The first-order chi connectivity index (χ1) is 8.92. The Hall–Kier alpha value is -2.12.